The van der Waals surface area contributed by atoms with E-state index in [0.29, 0.717) is 0 Å². The van der Waals surface area contributed by atoms with Gasteiger partial charge in [-0.05, 0) is 45.5 Å². The number of hydrogen-bond donors (Lipinski definition) is 0. The molecule has 2 aromatic rings. The molecule has 1 aromatic carbocycles. The summed E-state index contributed by atoms with van der Waals surface area (Å²) in [6.07, 6.45) is 4.98. The fourth-order valence-corrected chi connectivity index (χ4v) is 2.83. The van der Waals surface area contributed by atoms with Crippen LogP contribution in [0, 0.1) is 0 Å². The molecule has 0 saturated carbocycles. The van der Waals surface area contributed by atoms with Gasteiger partial charge in [0.15, 0.2) is 0 Å². The van der Waals surface area contributed by atoms with Crippen LogP contribution in [0.25, 0.3) is 10.8 Å². The third-order valence-electron chi connectivity index (χ3n) is 3.99. The van der Waals surface area contributed by atoms with E-state index < -0.39 is 0 Å². The predicted molar refractivity (Wildman–Crippen MR) is 76.4 cm³/mol. The molecule has 0 aliphatic carbocycles. The van der Waals surface area contributed by atoms with Crippen molar-refractivity contribution in [2.24, 2.45) is 0 Å². The lowest BCUT2D eigenvalue weighted by molar-refractivity contribution is 0.334. The molecule has 0 radical (unpaired) electrons. The van der Waals surface area contributed by atoms with Crippen molar-refractivity contribution in [3.05, 3.63) is 40.8 Å². The highest BCUT2D eigenvalue weighted by molar-refractivity contribution is 5.80. The molecule has 1 aromatic heterocycles. The highest BCUT2D eigenvalue weighted by Gasteiger charge is 2.18. The number of aromatic nitrogens is 2. The van der Waals surface area contributed by atoms with E-state index in [1.165, 1.54) is 0 Å². The van der Waals surface area contributed by atoms with E-state index in [0.717, 1.165) is 43.1 Å². The summed E-state index contributed by atoms with van der Waals surface area (Å²) >= 11 is 0. The Morgan fingerprint density at radius 1 is 1.21 bits per heavy atom. The number of likely N-dealkylation sites (tertiary alicyclic amines) is 1. The first kappa shape index (κ1) is 12.4. The van der Waals surface area contributed by atoms with Crippen LogP contribution in [0.5, 0.6) is 0 Å². The highest BCUT2D eigenvalue weighted by atomic mass is 16.1. The Hall–Kier alpha value is -1.68. The van der Waals surface area contributed by atoms with Crippen LogP contribution in [-0.4, -0.2) is 34.8 Å². The third-order valence-corrected chi connectivity index (χ3v) is 3.99. The number of nitrogens with zero attached hydrogens (tertiary/aromatic N) is 3. The van der Waals surface area contributed by atoms with Gasteiger partial charge in [0.25, 0.3) is 5.56 Å². The highest BCUT2D eigenvalue weighted by Crippen LogP contribution is 2.20. The Balaban J connectivity index is 2.00. The summed E-state index contributed by atoms with van der Waals surface area (Å²) in [5.74, 6) is 0. The molecular formula is C15H19N3O. The van der Waals surface area contributed by atoms with Crippen LogP contribution >= 0.6 is 0 Å². The topological polar surface area (TPSA) is 38.1 Å². The molecule has 4 heteroatoms. The zero-order valence-corrected chi connectivity index (χ0v) is 11.2. The summed E-state index contributed by atoms with van der Waals surface area (Å²) in [7, 11) is 2.14. The van der Waals surface area contributed by atoms with Crippen molar-refractivity contribution in [2.75, 3.05) is 20.1 Å². The van der Waals surface area contributed by atoms with Gasteiger partial charge in [-0.25, -0.2) is 4.68 Å². The lowest BCUT2D eigenvalue weighted by atomic mass is 10.1. The maximum absolute atomic E-state index is 12.5. The molecule has 2 heterocycles. The van der Waals surface area contributed by atoms with Crippen molar-refractivity contribution in [2.45, 2.75) is 25.3 Å². The molecule has 1 fully saturated rings. The minimum atomic E-state index is 0.0488. The van der Waals surface area contributed by atoms with E-state index in [2.05, 4.69) is 17.0 Å². The smallest absolute Gasteiger partial charge is 0.274 e. The molecule has 3 rings (SSSR count). The second-order valence-corrected chi connectivity index (χ2v) is 5.37. The number of fused-ring (bicyclic) bond motifs is 1. The zero-order valence-electron chi connectivity index (χ0n) is 11.2. The molecule has 0 amide bonds. The molecule has 1 unspecified atom stereocenters. The van der Waals surface area contributed by atoms with E-state index in [9.17, 15) is 4.79 Å². The molecule has 1 atom stereocenters. The first-order valence-electron chi connectivity index (χ1n) is 6.91. The zero-order chi connectivity index (χ0) is 13.2. The number of hydrogen-bond acceptors (Lipinski definition) is 3. The molecule has 1 aliphatic rings. The van der Waals surface area contributed by atoms with Gasteiger partial charge in [0.05, 0.1) is 17.6 Å². The van der Waals surface area contributed by atoms with Crippen LogP contribution in [0.1, 0.15) is 25.3 Å². The van der Waals surface area contributed by atoms with Gasteiger partial charge in [-0.15, -0.1) is 0 Å². The van der Waals surface area contributed by atoms with Gasteiger partial charge in [-0.3, -0.25) is 4.79 Å². The average molecular weight is 257 g/mol. The molecule has 0 spiro atoms. The molecule has 4 nitrogen and oxygen atoms in total. The van der Waals surface area contributed by atoms with Crippen molar-refractivity contribution in [3.8, 4) is 0 Å². The summed E-state index contributed by atoms with van der Waals surface area (Å²) in [5, 5.41) is 6.08. The van der Waals surface area contributed by atoms with Gasteiger partial charge in [0.1, 0.15) is 0 Å². The van der Waals surface area contributed by atoms with E-state index in [1.807, 2.05) is 30.5 Å². The Kier molecular flexibility index (Phi) is 3.34. The Morgan fingerprint density at radius 3 is 2.95 bits per heavy atom. The second-order valence-electron chi connectivity index (χ2n) is 5.37. The quantitative estimate of drug-likeness (QED) is 0.785. The van der Waals surface area contributed by atoms with Crippen LogP contribution in [-0.2, 0) is 0 Å². The van der Waals surface area contributed by atoms with Crippen LogP contribution in [0.3, 0.4) is 0 Å². The number of rotatable bonds is 1. The summed E-state index contributed by atoms with van der Waals surface area (Å²) in [4.78, 5) is 14.8. The largest absolute Gasteiger partial charge is 0.306 e. The van der Waals surface area contributed by atoms with Crippen LogP contribution in [0.4, 0.5) is 0 Å². The van der Waals surface area contributed by atoms with Crippen LogP contribution in [0.15, 0.2) is 35.3 Å². The van der Waals surface area contributed by atoms with Crippen LogP contribution < -0.4 is 5.56 Å². The Bertz CT molecular complexity index is 635. The lowest BCUT2D eigenvalue weighted by Crippen LogP contribution is -2.28. The minimum absolute atomic E-state index is 0.0488. The molecule has 1 aliphatic heterocycles. The van der Waals surface area contributed by atoms with E-state index in [1.54, 1.807) is 4.68 Å². The number of benzene rings is 1. The fourth-order valence-electron chi connectivity index (χ4n) is 2.83. The fraction of sp³-hybridized carbons (Fsp3) is 0.467. The van der Waals surface area contributed by atoms with Gasteiger partial charge < -0.3 is 4.90 Å². The van der Waals surface area contributed by atoms with E-state index in [-0.39, 0.29) is 11.6 Å². The summed E-state index contributed by atoms with van der Waals surface area (Å²) in [6.45, 7) is 2.14. The molecule has 1 saturated heterocycles. The van der Waals surface area contributed by atoms with Gasteiger partial charge in [-0.1, -0.05) is 18.2 Å². The van der Waals surface area contributed by atoms with E-state index >= 15 is 0 Å². The van der Waals surface area contributed by atoms with Gasteiger partial charge in [0, 0.05) is 5.39 Å². The van der Waals surface area contributed by atoms with Crippen LogP contribution in [0.2, 0.25) is 0 Å². The third kappa shape index (κ3) is 2.40. The maximum atomic E-state index is 12.5. The van der Waals surface area contributed by atoms with Crippen molar-refractivity contribution < 1.29 is 0 Å². The van der Waals surface area contributed by atoms with Crippen molar-refractivity contribution >= 4 is 10.8 Å². The standard InChI is InChI=1S/C15H19N3O/c1-17-9-4-6-13(8-10-17)18-15(19)14-7-3-2-5-12(14)11-16-18/h2-3,5,7,11,13H,4,6,8-10H2,1H3. The monoisotopic (exact) mass is 257 g/mol. The first-order chi connectivity index (χ1) is 9.25. The molecule has 0 N–H and O–H groups in total. The second kappa shape index (κ2) is 5.13. The molecular weight excluding hydrogens is 238 g/mol. The minimum Gasteiger partial charge on any atom is -0.306 e. The van der Waals surface area contributed by atoms with Crippen molar-refractivity contribution in [3.63, 3.8) is 0 Å². The maximum Gasteiger partial charge on any atom is 0.274 e. The molecule has 19 heavy (non-hydrogen) atoms. The Labute approximate surface area is 112 Å². The summed E-state index contributed by atoms with van der Waals surface area (Å²) < 4.78 is 1.70. The molecule has 100 valence electrons. The lowest BCUT2D eigenvalue weighted by Gasteiger charge is -2.17. The van der Waals surface area contributed by atoms with Crippen molar-refractivity contribution in [1.82, 2.24) is 14.7 Å². The predicted octanol–water partition coefficient (Wildman–Crippen LogP) is 2.05. The molecule has 0 bridgehead atoms. The normalized spacial score (nSPS) is 21.4. The summed E-state index contributed by atoms with van der Waals surface area (Å²) in [6, 6.07) is 7.92. The van der Waals surface area contributed by atoms with Gasteiger partial charge in [-0.2, -0.15) is 5.10 Å². The summed E-state index contributed by atoms with van der Waals surface area (Å²) in [5.41, 5.74) is 0.0488. The SMILES string of the molecule is CN1CCCC(n2ncc3ccccc3c2=O)CC1. The van der Waals surface area contributed by atoms with Crippen molar-refractivity contribution in [1.29, 1.82) is 0 Å². The Morgan fingerprint density at radius 2 is 2.05 bits per heavy atom. The van der Waals surface area contributed by atoms with Gasteiger partial charge in [0.2, 0.25) is 0 Å². The van der Waals surface area contributed by atoms with E-state index in [4.69, 9.17) is 0 Å². The average Bonchev–Trinajstić information content (AvgIpc) is 2.65. The van der Waals surface area contributed by atoms with Gasteiger partial charge >= 0.3 is 0 Å². The first-order valence-corrected chi connectivity index (χ1v) is 6.91.